The second-order valence-electron chi connectivity index (χ2n) is 8.94. The third-order valence-corrected chi connectivity index (χ3v) is 9.40. The van der Waals surface area contributed by atoms with Gasteiger partial charge in [-0.3, -0.25) is 4.79 Å². The van der Waals surface area contributed by atoms with Crippen molar-refractivity contribution < 1.29 is 27.5 Å². The molecule has 9 nitrogen and oxygen atoms in total. The Morgan fingerprint density at radius 3 is 2.41 bits per heavy atom. The number of hydrogen-bond acceptors (Lipinski definition) is 7. The van der Waals surface area contributed by atoms with Crippen LogP contribution in [0.1, 0.15) is 47.4 Å². The van der Waals surface area contributed by atoms with Crippen molar-refractivity contribution in [2.24, 2.45) is 10.9 Å². The molecule has 0 radical (unpaired) electrons. The van der Waals surface area contributed by atoms with Gasteiger partial charge in [-0.2, -0.15) is 9.30 Å². The molecule has 0 saturated carbocycles. The number of carbonyl (C=O) groups is 2. The lowest BCUT2D eigenvalue weighted by molar-refractivity contribution is 0.0600. The largest absolute Gasteiger partial charge is 0.465 e. The molecule has 37 heavy (non-hydrogen) atoms. The summed E-state index contributed by atoms with van der Waals surface area (Å²) in [6.45, 7) is 6.52. The highest BCUT2D eigenvalue weighted by molar-refractivity contribution is 7.89. The molecule has 1 amide bonds. The highest BCUT2D eigenvalue weighted by atomic mass is 32.2. The van der Waals surface area contributed by atoms with Crippen LogP contribution in [0.25, 0.3) is 10.2 Å². The number of sulfonamides is 1. The van der Waals surface area contributed by atoms with Gasteiger partial charge in [0.25, 0.3) is 5.91 Å². The summed E-state index contributed by atoms with van der Waals surface area (Å²) >= 11 is 1.28. The number of methoxy groups -OCH3 is 1. The third-order valence-electron chi connectivity index (χ3n) is 6.45. The number of nitrogens with zero attached hydrogens (tertiary/aromatic N) is 3. The smallest absolute Gasteiger partial charge is 0.337 e. The van der Waals surface area contributed by atoms with Crippen LogP contribution < -0.4 is 4.80 Å². The number of hydrogen-bond donors (Lipinski definition) is 0. The minimum absolute atomic E-state index is 0.169. The minimum atomic E-state index is -3.60. The first kappa shape index (κ1) is 27.2. The predicted molar refractivity (Wildman–Crippen MR) is 141 cm³/mol. The van der Waals surface area contributed by atoms with Crippen LogP contribution in [-0.4, -0.2) is 62.6 Å². The first-order chi connectivity index (χ1) is 17.7. The zero-order chi connectivity index (χ0) is 26.6. The normalized spacial score (nSPS) is 15.8. The van der Waals surface area contributed by atoms with Gasteiger partial charge < -0.3 is 14.0 Å². The van der Waals surface area contributed by atoms with E-state index in [2.05, 4.69) is 11.9 Å². The van der Waals surface area contributed by atoms with E-state index in [4.69, 9.17) is 9.47 Å². The fourth-order valence-electron chi connectivity index (χ4n) is 4.21. The molecule has 0 spiro atoms. The molecule has 0 N–H and O–H groups in total. The van der Waals surface area contributed by atoms with Crippen molar-refractivity contribution >= 4 is 43.5 Å². The summed E-state index contributed by atoms with van der Waals surface area (Å²) < 4.78 is 40.5. The van der Waals surface area contributed by atoms with E-state index >= 15 is 0 Å². The van der Waals surface area contributed by atoms with Gasteiger partial charge in [-0.25, -0.2) is 13.2 Å². The fraction of sp³-hybridized carbons (Fsp3) is 0.423. The zero-order valence-corrected chi connectivity index (χ0v) is 22.8. The van der Waals surface area contributed by atoms with Gasteiger partial charge in [-0.15, -0.1) is 0 Å². The molecule has 1 aliphatic heterocycles. The van der Waals surface area contributed by atoms with Crippen LogP contribution in [0.15, 0.2) is 52.4 Å². The molecule has 2 aromatic carbocycles. The van der Waals surface area contributed by atoms with E-state index in [1.54, 1.807) is 18.2 Å². The van der Waals surface area contributed by atoms with Gasteiger partial charge in [0.05, 0.1) is 34.4 Å². The summed E-state index contributed by atoms with van der Waals surface area (Å²) in [5.41, 5.74) is 1.52. The summed E-state index contributed by atoms with van der Waals surface area (Å²) in [4.78, 5) is 30.0. The molecule has 1 aliphatic rings. The van der Waals surface area contributed by atoms with Crippen molar-refractivity contribution in [2.75, 3.05) is 33.4 Å². The van der Waals surface area contributed by atoms with Gasteiger partial charge in [0.2, 0.25) is 10.0 Å². The van der Waals surface area contributed by atoms with Crippen molar-refractivity contribution in [1.82, 2.24) is 8.87 Å². The molecule has 1 fully saturated rings. The molecule has 11 heteroatoms. The van der Waals surface area contributed by atoms with E-state index in [9.17, 15) is 18.0 Å². The zero-order valence-electron chi connectivity index (χ0n) is 21.2. The van der Waals surface area contributed by atoms with Crippen molar-refractivity contribution in [3.63, 3.8) is 0 Å². The molecule has 0 bridgehead atoms. The van der Waals surface area contributed by atoms with Crippen LogP contribution in [0.3, 0.4) is 0 Å². The average molecular weight is 546 g/mol. The molecule has 0 aliphatic carbocycles. The summed E-state index contributed by atoms with van der Waals surface area (Å²) in [6.07, 6.45) is 1.68. The van der Waals surface area contributed by atoms with Gasteiger partial charge in [0.15, 0.2) is 4.80 Å². The fourth-order valence-corrected chi connectivity index (χ4v) is 6.78. The molecule has 1 aromatic heterocycles. The summed E-state index contributed by atoms with van der Waals surface area (Å²) in [5.74, 6) is -0.411. The number of benzene rings is 2. The first-order valence-corrected chi connectivity index (χ1v) is 14.5. The SMILES string of the molecule is CCOCCn1c(=NC(=O)c2ccc(S(=O)(=O)N3CCC(C)CC3)cc2)sc2cc(C(=O)OC)ccc21. The maximum Gasteiger partial charge on any atom is 0.337 e. The Morgan fingerprint density at radius 2 is 1.76 bits per heavy atom. The Hall–Kier alpha value is -2.86. The first-order valence-electron chi connectivity index (χ1n) is 12.2. The second-order valence-corrected chi connectivity index (χ2v) is 11.9. The predicted octanol–water partition coefficient (Wildman–Crippen LogP) is 3.69. The van der Waals surface area contributed by atoms with Crippen LogP contribution in [0.2, 0.25) is 0 Å². The van der Waals surface area contributed by atoms with Crippen LogP contribution in [0.4, 0.5) is 0 Å². The summed E-state index contributed by atoms with van der Waals surface area (Å²) in [5, 5.41) is 0. The van der Waals surface area contributed by atoms with Crippen LogP contribution in [0.5, 0.6) is 0 Å². The molecule has 1 saturated heterocycles. The van der Waals surface area contributed by atoms with Crippen molar-refractivity contribution in [1.29, 1.82) is 0 Å². The Balaban J connectivity index is 1.64. The van der Waals surface area contributed by atoms with Gasteiger partial charge in [-0.05, 0) is 68.1 Å². The Kier molecular flexibility index (Phi) is 8.58. The quantitative estimate of drug-likeness (QED) is 0.316. The molecule has 0 atom stereocenters. The van der Waals surface area contributed by atoms with Crippen LogP contribution in [0, 0.1) is 5.92 Å². The van der Waals surface area contributed by atoms with E-state index < -0.39 is 21.9 Å². The van der Waals surface area contributed by atoms with Crippen molar-refractivity contribution in [3.05, 3.63) is 58.4 Å². The lowest BCUT2D eigenvalue weighted by atomic mass is 10.0. The van der Waals surface area contributed by atoms with Crippen molar-refractivity contribution in [2.45, 2.75) is 38.1 Å². The van der Waals surface area contributed by atoms with E-state index in [1.165, 1.54) is 47.0 Å². The van der Waals surface area contributed by atoms with E-state index in [0.717, 1.165) is 23.1 Å². The topological polar surface area (TPSA) is 107 Å². The number of rotatable bonds is 8. The monoisotopic (exact) mass is 545 g/mol. The number of ether oxygens (including phenoxy) is 2. The molecule has 198 valence electrons. The number of aromatic nitrogens is 1. The number of carbonyl (C=O) groups excluding carboxylic acids is 2. The number of thiazole rings is 1. The third kappa shape index (κ3) is 6.01. The highest BCUT2D eigenvalue weighted by Crippen LogP contribution is 2.24. The molecule has 2 heterocycles. The highest BCUT2D eigenvalue weighted by Gasteiger charge is 2.28. The van der Waals surface area contributed by atoms with E-state index in [1.807, 2.05) is 11.5 Å². The van der Waals surface area contributed by atoms with Crippen LogP contribution >= 0.6 is 11.3 Å². The molecular weight excluding hydrogens is 514 g/mol. The summed E-state index contributed by atoms with van der Waals surface area (Å²) in [6, 6.07) is 11.1. The summed E-state index contributed by atoms with van der Waals surface area (Å²) in [7, 11) is -2.27. The molecule has 0 unspecified atom stereocenters. The van der Waals surface area contributed by atoms with Gasteiger partial charge in [0.1, 0.15) is 0 Å². The average Bonchev–Trinajstić information content (AvgIpc) is 3.24. The number of amides is 1. The Bertz CT molecular complexity index is 1450. The minimum Gasteiger partial charge on any atom is -0.465 e. The second kappa shape index (κ2) is 11.7. The van der Waals surface area contributed by atoms with Gasteiger partial charge in [0, 0.05) is 31.8 Å². The maximum atomic E-state index is 13.1. The lowest BCUT2D eigenvalue weighted by Crippen LogP contribution is -2.37. The van der Waals surface area contributed by atoms with E-state index in [-0.39, 0.29) is 10.5 Å². The Labute approximate surface area is 220 Å². The van der Waals surface area contributed by atoms with Gasteiger partial charge >= 0.3 is 5.97 Å². The maximum absolute atomic E-state index is 13.1. The molecular formula is C26H31N3O6S2. The number of fused-ring (bicyclic) bond motifs is 1. The number of piperidine rings is 1. The van der Waals surface area contributed by atoms with Crippen LogP contribution in [-0.2, 0) is 26.0 Å². The van der Waals surface area contributed by atoms with Crippen molar-refractivity contribution in [3.8, 4) is 0 Å². The van der Waals surface area contributed by atoms with E-state index in [0.29, 0.717) is 49.1 Å². The molecule has 3 aromatic rings. The Morgan fingerprint density at radius 1 is 1.08 bits per heavy atom. The number of esters is 1. The lowest BCUT2D eigenvalue weighted by Gasteiger charge is -2.29. The van der Waals surface area contributed by atoms with Gasteiger partial charge in [-0.1, -0.05) is 18.3 Å². The standard InChI is InChI=1S/C26H31N3O6S2/c1-4-35-16-15-29-22-10-7-20(25(31)34-3)17-23(22)36-26(29)27-24(30)19-5-8-21(9-6-19)37(32,33)28-13-11-18(2)12-14-28/h5-10,17-18H,4,11-16H2,1-3H3. The molecule has 4 rings (SSSR count).